The number of carbonyl (C=O) groups excluding carboxylic acids is 1. The summed E-state index contributed by atoms with van der Waals surface area (Å²) >= 11 is 0. The summed E-state index contributed by atoms with van der Waals surface area (Å²) in [5.41, 5.74) is 0.770. The Balaban J connectivity index is 2.62. The lowest BCUT2D eigenvalue weighted by molar-refractivity contribution is 0.0213. The van der Waals surface area contributed by atoms with Crippen LogP contribution in [0.5, 0.6) is 0 Å². The van der Waals surface area contributed by atoms with E-state index in [0.29, 0.717) is 18.8 Å². The van der Waals surface area contributed by atoms with E-state index in [-0.39, 0.29) is 23.7 Å². The largest absolute Gasteiger partial charge is 0.460 e. The van der Waals surface area contributed by atoms with Crippen molar-refractivity contribution in [1.29, 1.82) is 0 Å². The third-order valence-electron chi connectivity index (χ3n) is 2.65. The maximum Gasteiger partial charge on any atom is 0.338 e. The fourth-order valence-electron chi connectivity index (χ4n) is 1.51. The van der Waals surface area contributed by atoms with E-state index < -0.39 is 16.0 Å². The zero-order chi connectivity index (χ0) is 15.9. The molecular weight excluding hydrogens is 298 g/mol. The highest BCUT2D eigenvalue weighted by Crippen LogP contribution is 2.15. The van der Waals surface area contributed by atoms with E-state index >= 15 is 0 Å². The molecular formula is C13H19NO6S. The van der Waals surface area contributed by atoms with Crippen molar-refractivity contribution in [2.45, 2.75) is 11.8 Å². The van der Waals surface area contributed by atoms with Gasteiger partial charge >= 0.3 is 5.97 Å². The van der Waals surface area contributed by atoms with E-state index in [2.05, 4.69) is 0 Å². The zero-order valence-electron chi connectivity index (χ0n) is 12.0. The predicted molar refractivity (Wildman–Crippen MR) is 75.5 cm³/mol. The van der Waals surface area contributed by atoms with Crippen LogP contribution in [0.1, 0.15) is 15.9 Å². The first kappa shape index (κ1) is 17.6. The van der Waals surface area contributed by atoms with Crippen molar-refractivity contribution in [3.63, 3.8) is 0 Å². The monoisotopic (exact) mass is 317 g/mol. The number of primary sulfonamides is 1. The molecule has 0 heterocycles. The van der Waals surface area contributed by atoms with E-state index in [1.165, 1.54) is 18.2 Å². The number of rotatable bonds is 8. The fraction of sp³-hybridized carbons (Fsp3) is 0.462. The molecule has 0 fully saturated rings. The Morgan fingerprint density at radius 3 is 2.48 bits per heavy atom. The fourth-order valence-corrected chi connectivity index (χ4v) is 2.05. The minimum atomic E-state index is -3.86. The van der Waals surface area contributed by atoms with E-state index in [4.69, 9.17) is 19.3 Å². The van der Waals surface area contributed by atoms with Crippen LogP contribution < -0.4 is 5.14 Å². The van der Waals surface area contributed by atoms with Gasteiger partial charge in [0.15, 0.2) is 0 Å². The number of benzene rings is 1. The number of carbonyl (C=O) groups is 1. The molecule has 0 amide bonds. The van der Waals surface area contributed by atoms with Gasteiger partial charge < -0.3 is 14.2 Å². The summed E-state index contributed by atoms with van der Waals surface area (Å²) < 4.78 is 37.5. The van der Waals surface area contributed by atoms with Crippen LogP contribution in [-0.4, -0.2) is 47.9 Å². The minimum absolute atomic E-state index is 0.0710. The van der Waals surface area contributed by atoms with Gasteiger partial charge in [0.2, 0.25) is 10.0 Å². The van der Waals surface area contributed by atoms with Gasteiger partial charge in [-0.2, -0.15) is 0 Å². The molecule has 1 rings (SSSR count). The number of ether oxygens (including phenoxy) is 3. The normalized spacial score (nSPS) is 11.4. The smallest absolute Gasteiger partial charge is 0.338 e. The van der Waals surface area contributed by atoms with Gasteiger partial charge in [-0.05, 0) is 24.6 Å². The summed E-state index contributed by atoms with van der Waals surface area (Å²) in [7, 11) is -2.30. The summed E-state index contributed by atoms with van der Waals surface area (Å²) in [5, 5.41) is 5.03. The van der Waals surface area contributed by atoms with Gasteiger partial charge in [-0.3, -0.25) is 0 Å². The van der Waals surface area contributed by atoms with Gasteiger partial charge in [-0.25, -0.2) is 18.4 Å². The minimum Gasteiger partial charge on any atom is -0.460 e. The Hall–Kier alpha value is -1.48. The molecule has 118 valence electrons. The van der Waals surface area contributed by atoms with Crippen molar-refractivity contribution in [2.75, 3.05) is 33.5 Å². The third kappa shape index (κ3) is 5.80. The number of sulfonamides is 1. The van der Waals surface area contributed by atoms with Crippen molar-refractivity contribution >= 4 is 16.0 Å². The first-order valence-corrected chi connectivity index (χ1v) is 7.78. The highest BCUT2D eigenvalue weighted by molar-refractivity contribution is 7.89. The van der Waals surface area contributed by atoms with Crippen LogP contribution >= 0.6 is 0 Å². The van der Waals surface area contributed by atoms with E-state index in [0.717, 1.165) is 0 Å². The van der Waals surface area contributed by atoms with Crippen LogP contribution in [0.15, 0.2) is 23.1 Å². The van der Waals surface area contributed by atoms with Crippen LogP contribution in [0.2, 0.25) is 0 Å². The van der Waals surface area contributed by atoms with Crippen LogP contribution in [0, 0.1) is 6.92 Å². The third-order valence-corrected chi connectivity index (χ3v) is 3.56. The van der Waals surface area contributed by atoms with E-state index in [9.17, 15) is 13.2 Å². The summed E-state index contributed by atoms with van der Waals surface area (Å²) in [6, 6.07) is 4.06. The molecule has 0 bridgehead atoms. The molecule has 0 aliphatic heterocycles. The second-order valence-electron chi connectivity index (χ2n) is 4.26. The van der Waals surface area contributed by atoms with E-state index in [1.807, 2.05) is 0 Å². The van der Waals surface area contributed by atoms with Crippen molar-refractivity contribution in [3.05, 3.63) is 29.3 Å². The Morgan fingerprint density at radius 2 is 1.86 bits per heavy atom. The molecule has 0 saturated carbocycles. The number of methoxy groups -OCH3 is 1. The van der Waals surface area contributed by atoms with Gasteiger partial charge in [0.1, 0.15) is 6.61 Å². The lowest BCUT2D eigenvalue weighted by Crippen LogP contribution is -2.16. The molecule has 8 heteroatoms. The highest BCUT2D eigenvalue weighted by Gasteiger charge is 2.15. The van der Waals surface area contributed by atoms with Gasteiger partial charge in [-0.1, -0.05) is 6.07 Å². The van der Waals surface area contributed by atoms with Crippen molar-refractivity contribution in [3.8, 4) is 0 Å². The first-order valence-electron chi connectivity index (χ1n) is 6.23. The molecule has 0 aliphatic carbocycles. The maximum absolute atomic E-state index is 11.9. The lowest BCUT2D eigenvalue weighted by atomic mass is 10.1. The maximum atomic E-state index is 11.9. The van der Waals surface area contributed by atoms with Crippen LogP contribution in [-0.2, 0) is 24.2 Å². The Labute approximate surface area is 124 Å². The standard InChI is InChI=1S/C13H19NO6S/c1-10-3-4-11(21(14,16)17)9-12(10)13(15)20-8-7-19-6-5-18-2/h3-4,9H,5-8H2,1-2H3,(H2,14,16,17). The van der Waals surface area contributed by atoms with Gasteiger partial charge in [0, 0.05) is 7.11 Å². The molecule has 0 saturated heterocycles. The SMILES string of the molecule is COCCOCCOC(=O)c1cc(S(N)(=O)=O)ccc1C. The molecule has 0 radical (unpaired) electrons. The van der Waals surface area contributed by atoms with Gasteiger partial charge in [-0.15, -0.1) is 0 Å². The molecule has 0 atom stereocenters. The lowest BCUT2D eigenvalue weighted by Gasteiger charge is -2.09. The number of nitrogens with two attached hydrogens (primary N) is 1. The second-order valence-corrected chi connectivity index (χ2v) is 5.82. The quantitative estimate of drug-likeness (QED) is 0.552. The van der Waals surface area contributed by atoms with Crippen LogP contribution in [0.25, 0.3) is 0 Å². The molecule has 7 nitrogen and oxygen atoms in total. The molecule has 1 aromatic carbocycles. The first-order chi connectivity index (χ1) is 9.86. The van der Waals surface area contributed by atoms with E-state index in [1.54, 1.807) is 14.0 Å². The highest BCUT2D eigenvalue weighted by atomic mass is 32.2. The molecule has 1 aromatic rings. The summed E-state index contributed by atoms with van der Waals surface area (Å²) in [6.07, 6.45) is 0. The molecule has 0 aliphatic rings. The van der Waals surface area contributed by atoms with Gasteiger partial charge in [0.05, 0.1) is 30.3 Å². The van der Waals surface area contributed by atoms with Crippen LogP contribution in [0.3, 0.4) is 0 Å². The molecule has 0 spiro atoms. The molecule has 21 heavy (non-hydrogen) atoms. The van der Waals surface area contributed by atoms with Crippen molar-refractivity contribution in [2.24, 2.45) is 5.14 Å². The number of hydrogen-bond acceptors (Lipinski definition) is 6. The topological polar surface area (TPSA) is 105 Å². The van der Waals surface area contributed by atoms with Crippen molar-refractivity contribution < 1.29 is 27.4 Å². The number of esters is 1. The number of hydrogen-bond donors (Lipinski definition) is 1. The summed E-state index contributed by atoms with van der Waals surface area (Å²) in [5.74, 6) is -0.617. The average molecular weight is 317 g/mol. The zero-order valence-corrected chi connectivity index (χ0v) is 12.8. The summed E-state index contributed by atoms with van der Waals surface area (Å²) in [6.45, 7) is 2.86. The molecule has 0 unspecified atom stereocenters. The predicted octanol–water partition coefficient (Wildman–Crippen LogP) is 0.462. The molecule has 0 aromatic heterocycles. The molecule has 2 N–H and O–H groups in total. The summed E-state index contributed by atoms with van der Waals surface area (Å²) in [4.78, 5) is 11.8. The van der Waals surface area contributed by atoms with Crippen LogP contribution in [0.4, 0.5) is 0 Å². The van der Waals surface area contributed by atoms with Crippen molar-refractivity contribution in [1.82, 2.24) is 0 Å². The van der Waals surface area contributed by atoms with Gasteiger partial charge in [0.25, 0.3) is 0 Å². The Morgan fingerprint density at radius 1 is 1.19 bits per heavy atom. The number of aryl methyl sites for hydroxylation is 1. The second kappa shape index (κ2) is 8.08. The Kier molecular flexibility index (Phi) is 6.76. The average Bonchev–Trinajstić information content (AvgIpc) is 2.41. The Bertz CT molecular complexity index is 584.